The second-order valence-electron chi connectivity index (χ2n) is 7.38. The molecule has 5 nitrogen and oxygen atoms in total. The van der Waals surface area contributed by atoms with Crippen LogP contribution in [-0.2, 0) is 0 Å². The van der Waals surface area contributed by atoms with Crippen LogP contribution in [0.15, 0.2) is 4.52 Å². The number of rotatable bonds is 7. The maximum Gasteiger partial charge on any atom is 0.162 e. The molecular weight excluding hydrogens is 320 g/mol. The van der Waals surface area contributed by atoms with E-state index in [1.165, 1.54) is 16.4 Å². The van der Waals surface area contributed by atoms with E-state index in [9.17, 15) is 0 Å². The summed E-state index contributed by atoms with van der Waals surface area (Å²) in [6, 6.07) is 0. The zero-order chi connectivity index (χ0) is 18.0. The highest BCUT2D eigenvalue weighted by molar-refractivity contribution is 7.06. The van der Waals surface area contributed by atoms with Crippen molar-refractivity contribution in [1.82, 2.24) is 9.53 Å². The van der Waals surface area contributed by atoms with E-state index in [0.29, 0.717) is 17.5 Å². The summed E-state index contributed by atoms with van der Waals surface area (Å²) in [4.78, 5) is 1.19. The van der Waals surface area contributed by atoms with Gasteiger partial charge in [0.25, 0.3) is 0 Å². The molecule has 0 aliphatic rings. The van der Waals surface area contributed by atoms with E-state index >= 15 is 0 Å². The van der Waals surface area contributed by atoms with Crippen molar-refractivity contribution in [3.05, 3.63) is 22.0 Å². The molecule has 0 bridgehead atoms. The number of anilines is 2. The quantitative estimate of drug-likeness (QED) is 0.713. The van der Waals surface area contributed by atoms with Crippen LogP contribution in [-0.4, -0.2) is 9.53 Å². The summed E-state index contributed by atoms with van der Waals surface area (Å²) in [6.07, 6.45) is 1.99. The van der Waals surface area contributed by atoms with E-state index in [2.05, 4.69) is 51.1 Å². The van der Waals surface area contributed by atoms with Gasteiger partial charge in [-0.05, 0) is 36.2 Å². The molecule has 6 heteroatoms. The van der Waals surface area contributed by atoms with Gasteiger partial charge in [0.05, 0.1) is 21.9 Å². The van der Waals surface area contributed by atoms with Gasteiger partial charge in [-0.3, -0.25) is 0 Å². The fraction of sp³-hybridized carbons (Fsp3) is 0.667. The van der Waals surface area contributed by atoms with E-state index in [0.717, 1.165) is 35.7 Å². The van der Waals surface area contributed by atoms with Crippen LogP contribution in [0, 0.1) is 0 Å². The second-order valence-corrected chi connectivity index (χ2v) is 8.19. The number of hydrogen-bond acceptors (Lipinski definition) is 6. The summed E-state index contributed by atoms with van der Waals surface area (Å²) < 4.78 is 10.0. The minimum Gasteiger partial charge on any atom is -0.396 e. The fourth-order valence-electron chi connectivity index (χ4n) is 2.95. The molecule has 2 aromatic rings. The van der Waals surface area contributed by atoms with Gasteiger partial charge in [-0.2, -0.15) is 4.37 Å². The predicted molar refractivity (Wildman–Crippen MR) is 102 cm³/mol. The van der Waals surface area contributed by atoms with Crippen LogP contribution in [0.5, 0.6) is 0 Å². The molecule has 2 unspecified atom stereocenters. The Kier molecular flexibility index (Phi) is 5.91. The van der Waals surface area contributed by atoms with Crippen molar-refractivity contribution in [2.24, 2.45) is 0 Å². The second kappa shape index (κ2) is 7.55. The molecule has 4 N–H and O–H groups in total. The smallest absolute Gasteiger partial charge is 0.162 e. The first-order valence-electron chi connectivity index (χ1n) is 8.73. The SMILES string of the molecule is CC(C)c1noc(C(C)CCC(C)c2snc(C(C)C)c2N)c1N. The van der Waals surface area contributed by atoms with Gasteiger partial charge in [-0.15, -0.1) is 0 Å². The Hall–Kier alpha value is -1.56. The lowest BCUT2D eigenvalue weighted by Gasteiger charge is -2.14. The molecule has 0 aromatic carbocycles. The van der Waals surface area contributed by atoms with Crippen molar-refractivity contribution < 1.29 is 4.52 Å². The van der Waals surface area contributed by atoms with Crippen LogP contribution in [0.1, 0.15) is 100 Å². The van der Waals surface area contributed by atoms with Crippen LogP contribution in [0.3, 0.4) is 0 Å². The summed E-state index contributed by atoms with van der Waals surface area (Å²) in [5.41, 5.74) is 15.9. The zero-order valence-electron chi connectivity index (χ0n) is 15.6. The summed E-state index contributed by atoms with van der Waals surface area (Å²) in [5.74, 6) is 2.08. The molecule has 134 valence electrons. The minimum atomic E-state index is 0.242. The third-order valence-corrected chi connectivity index (χ3v) is 5.70. The average Bonchev–Trinajstić information content (AvgIpc) is 3.07. The molecule has 0 saturated carbocycles. The van der Waals surface area contributed by atoms with Crippen LogP contribution >= 0.6 is 11.5 Å². The van der Waals surface area contributed by atoms with Crippen LogP contribution in [0.25, 0.3) is 0 Å². The highest BCUT2D eigenvalue weighted by atomic mass is 32.1. The molecule has 2 rings (SSSR count). The molecule has 0 amide bonds. The standard InChI is InChI=1S/C18H30N4OS/c1-9(2)15-13(19)17(23-21-15)11(5)7-8-12(6)18-14(20)16(10(3)4)22-24-18/h9-12H,7-8,19-20H2,1-6H3. The number of nitrogens with zero attached hydrogens (tertiary/aromatic N) is 2. The topological polar surface area (TPSA) is 91.0 Å². The number of hydrogen-bond donors (Lipinski definition) is 2. The van der Waals surface area contributed by atoms with Crippen LogP contribution in [0.4, 0.5) is 11.4 Å². The summed E-state index contributed by atoms with van der Waals surface area (Å²) in [6.45, 7) is 12.8. The Morgan fingerprint density at radius 1 is 0.875 bits per heavy atom. The molecule has 0 aliphatic heterocycles. The third kappa shape index (κ3) is 3.74. The van der Waals surface area contributed by atoms with Gasteiger partial charge in [-0.25, -0.2) is 0 Å². The van der Waals surface area contributed by atoms with Crippen molar-refractivity contribution in [2.75, 3.05) is 11.5 Å². The number of aromatic nitrogens is 2. The predicted octanol–water partition coefficient (Wildman–Crippen LogP) is 5.23. The molecule has 0 saturated heterocycles. The largest absolute Gasteiger partial charge is 0.396 e. The molecule has 0 fully saturated rings. The average molecular weight is 351 g/mol. The molecule has 2 heterocycles. The third-order valence-electron chi connectivity index (χ3n) is 4.59. The Morgan fingerprint density at radius 2 is 1.46 bits per heavy atom. The molecule has 0 radical (unpaired) electrons. The number of nitrogen functional groups attached to an aromatic ring is 2. The van der Waals surface area contributed by atoms with Gasteiger partial charge in [0, 0.05) is 11.8 Å². The zero-order valence-corrected chi connectivity index (χ0v) is 16.4. The van der Waals surface area contributed by atoms with Crippen LogP contribution in [0.2, 0.25) is 0 Å². The fourth-order valence-corrected chi connectivity index (χ4v) is 3.96. The van der Waals surface area contributed by atoms with Crippen LogP contribution < -0.4 is 11.5 Å². The first kappa shape index (κ1) is 18.8. The highest BCUT2D eigenvalue weighted by Gasteiger charge is 2.23. The summed E-state index contributed by atoms with van der Waals surface area (Å²) >= 11 is 1.54. The molecule has 2 atom stereocenters. The molecule has 2 aromatic heterocycles. The van der Waals surface area contributed by atoms with E-state index in [1.54, 1.807) is 0 Å². The maximum absolute atomic E-state index is 6.28. The van der Waals surface area contributed by atoms with E-state index in [1.807, 2.05) is 0 Å². The highest BCUT2D eigenvalue weighted by Crippen LogP contribution is 2.38. The molecule has 0 spiro atoms. The normalized spacial score (nSPS) is 14.5. The first-order chi connectivity index (χ1) is 11.2. The van der Waals surface area contributed by atoms with E-state index in [4.69, 9.17) is 16.0 Å². The van der Waals surface area contributed by atoms with Gasteiger partial charge in [-0.1, -0.05) is 46.7 Å². The van der Waals surface area contributed by atoms with Crippen molar-refractivity contribution in [2.45, 2.75) is 78.1 Å². The lowest BCUT2D eigenvalue weighted by molar-refractivity contribution is 0.350. The van der Waals surface area contributed by atoms with Crippen molar-refractivity contribution >= 4 is 22.9 Å². The van der Waals surface area contributed by atoms with E-state index in [-0.39, 0.29) is 11.8 Å². The lowest BCUT2D eigenvalue weighted by atomic mass is 9.93. The molecule has 24 heavy (non-hydrogen) atoms. The Balaban J connectivity index is 2.02. The van der Waals surface area contributed by atoms with Gasteiger partial charge in [0.2, 0.25) is 0 Å². The van der Waals surface area contributed by atoms with Crippen molar-refractivity contribution in [1.29, 1.82) is 0 Å². The minimum absolute atomic E-state index is 0.242. The Bertz CT molecular complexity index is 616. The summed E-state index contributed by atoms with van der Waals surface area (Å²) in [7, 11) is 0. The van der Waals surface area contributed by atoms with Crippen molar-refractivity contribution in [3.63, 3.8) is 0 Å². The monoisotopic (exact) mass is 350 g/mol. The number of nitrogens with two attached hydrogens (primary N) is 2. The lowest BCUT2D eigenvalue weighted by Crippen LogP contribution is -2.03. The Labute approximate surface area is 149 Å². The molecular formula is C18H30N4OS. The Morgan fingerprint density at radius 3 is 1.96 bits per heavy atom. The summed E-state index contributed by atoms with van der Waals surface area (Å²) in [5, 5.41) is 4.13. The molecule has 0 aliphatic carbocycles. The maximum atomic E-state index is 6.28. The van der Waals surface area contributed by atoms with Crippen molar-refractivity contribution in [3.8, 4) is 0 Å². The van der Waals surface area contributed by atoms with Gasteiger partial charge >= 0.3 is 0 Å². The van der Waals surface area contributed by atoms with Gasteiger partial charge < -0.3 is 16.0 Å². The first-order valence-corrected chi connectivity index (χ1v) is 9.51. The van der Waals surface area contributed by atoms with Gasteiger partial charge in [0.15, 0.2) is 5.76 Å². The van der Waals surface area contributed by atoms with E-state index < -0.39 is 0 Å². The van der Waals surface area contributed by atoms with Gasteiger partial charge in [0.1, 0.15) is 5.69 Å².